The molecule has 1 aliphatic carbocycles. The molecule has 0 spiro atoms. The quantitative estimate of drug-likeness (QED) is 0.280. The van der Waals surface area contributed by atoms with Gasteiger partial charge in [0.2, 0.25) is 0 Å². The molecule has 0 N–H and O–H groups in total. The van der Waals surface area contributed by atoms with Crippen LogP contribution in [0.1, 0.15) is 22.5 Å². The summed E-state index contributed by atoms with van der Waals surface area (Å²) in [6.07, 6.45) is 0. The smallest absolute Gasteiger partial charge is 0.104 e. The molecule has 0 saturated carbocycles. The van der Waals surface area contributed by atoms with Crippen LogP contribution in [-0.4, -0.2) is 9.97 Å². The highest BCUT2D eigenvalue weighted by Crippen LogP contribution is 2.51. The molecule has 4 heteroatoms. The van der Waals surface area contributed by atoms with Crippen LogP contribution in [0.3, 0.4) is 0 Å². The Labute approximate surface area is 181 Å². The zero-order valence-corrected chi connectivity index (χ0v) is 17.6. The molecule has 1 heterocycles. The lowest BCUT2D eigenvalue weighted by molar-refractivity contribution is 1.24. The van der Waals surface area contributed by atoms with Crippen molar-refractivity contribution in [2.75, 3.05) is 0 Å². The number of aromatic nitrogens is 2. The molecule has 0 aliphatic heterocycles. The van der Waals surface area contributed by atoms with Gasteiger partial charge in [0.25, 0.3) is 0 Å². The fourth-order valence-electron chi connectivity index (χ4n) is 3.49. The van der Waals surface area contributed by atoms with Crippen molar-refractivity contribution in [1.29, 1.82) is 0 Å². The second-order valence-electron chi connectivity index (χ2n) is 6.52. The van der Waals surface area contributed by atoms with E-state index in [1.165, 1.54) is 0 Å². The molecule has 0 fully saturated rings. The second kappa shape index (κ2) is 7.15. The molecule has 4 aromatic rings. The summed E-state index contributed by atoms with van der Waals surface area (Å²) in [7, 11) is 0. The van der Waals surface area contributed by atoms with Gasteiger partial charge in [-0.25, -0.2) is 9.97 Å². The Morgan fingerprint density at radius 3 is 1.86 bits per heavy atom. The van der Waals surface area contributed by atoms with Crippen molar-refractivity contribution in [1.82, 2.24) is 9.97 Å². The van der Waals surface area contributed by atoms with Gasteiger partial charge in [-0.05, 0) is 45.9 Å². The first-order valence-electron chi connectivity index (χ1n) is 8.92. The maximum Gasteiger partial charge on any atom is 0.104 e. The summed E-state index contributed by atoms with van der Waals surface area (Å²) in [5.41, 5.74) is 7.60. The summed E-state index contributed by atoms with van der Waals surface area (Å²) in [5, 5.41) is 0.692. The lowest BCUT2D eigenvalue weighted by atomic mass is 9.97. The van der Waals surface area contributed by atoms with Gasteiger partial charge in [-0.1, -0.05) is 84.4 Å². The lowest BCUT2D eigenvalue weighted by Crippen LogP contribution is -1.96. The highest BCUT2D eigenvalue weighted by atomic mass is 127. The molecule has 0 saturated heterocycles. The third-order valence-electron chi connectivity index (χ3n) is 4.79. The summed E-state index contributed by atoms with van der Waals surface area (Å²) >= 11 is 9.35. The van der Waals surface area contributed by atoms with Crippen molar-refractivity contribution < 1.29 is 0 Å². The molecule has 0 amide bonds. The minimum Gasteiger partial charge on any atom is -0.244 e. The van der Waals surface area contributed by atoms with E-state index in [0.717, 1.165) is 48.3 Å². The first-order valence-corrected chi connectivity index (χ1v) is 10.4. The van der Waals surface area contributed by atoms with E-state index in [1.807, 2.05) is 72.8 Å². The number of nitrogens with zero attached hydrogens (tertiary/aromatic N) is 2. The maximum atomic E-state index is 6.98. The van der Waals surface area contributed by atoms with Crippen LogP contribution in [0.4, 0.5) is 0 Å². The monoisotopic (exact) mass is 492 g/mol. The summed E-state index contributed by atoms with van der Waals surface area (Å²) in [4.78, 5) is 9.88. The number of para-hydroxylation sites is 2. The van der Waals surface area contributed by atoms with Gasteiger partial charge in [0.05, 0.1) is 21.8 Å². The zero-order chi connectivity index (χ0) is 19.1. The summed E-state index contributed by atoms with van der Waals surface area (Å²) in [6, 6.07) is 28.3. The van der Waals surface area contributed by atoms with Gasteiger partial charge in [0, 0.05) is 14.7 Å². The Kier molecular flexibility index (Phi) is 4.49. The number of halogens is 2. The van der Waals surface area contributed by atoms with Crippen LogP contribution in [-0.2, 0) is 0 Å². The summed E-state index contributed by atoms with van der Waals surface area (Å²) in [5.74, 6) is 0. The van der Waals surface area contributed by atoms with Crippen molar-refractivity contribution in [2.24, 2.45) is 0 Å². The molecule has 3 aromatic carbocycles. The largest absolute Gasteiger partial charge is 0.244 e. The number of hydrogen-bond acceptors (Lipinski definition) is 2. The van der Waals surface area contributed by atoms with Crippen LogP contribution in [0.2, 0.25) is 0 Å². The van der Waals surface area contributed by atoms with E-state index in [-0.39, 0.29) is 0 Å². The van der Waals surface area contributed by atoms with E-state index in [9.17, 15) is 0 Å². The normalized spacial score (nSPS) is 15.1. The molecule has 1 aliphatic rings. The van der Waals surface area contributed by atoms with Crippen LogP contribution < -0.4 is 0 Å². The maximum absolute atomic E-state index is 6.98. The van der Waals surface area contributed by atoms with Crippen molar-refractivity contribution in [3.8, 4) is 0 Å². The van der Waals surface area contributed by atoms with E-state index in [2.05, 4.69) is 34.7 Å². The van der Waals surface area contributed by atoms with Crippen LogP contribution in [0.5, 0.6) is 0 Å². The van der Waals surface area contributed by atoms with Gasteiger partial charge in [-0.3, -0.25) is 0 Å². The van der Waals surface area contributed by atoms with Gasteiger partial charge in [0.15, 0.2) is 0 Å². The van der Waals surface area contributed by atoms with Crippen LogP contribution in [0.25, 0.3) is 30.8 Å². The summed E-state index contributed by atoms with van der Waals surface area (Å²) < 4.78 is 1.07. The van der Waals surface area contributed by atoms with Crippen LogP contribution in [0.15, 0.2) is 84.9 Å². The first kappa shape index (κ1) is 17.6. The van der Waals surface area contributed by atoms with Gasteiger partial charge in [0.1, 0.15) is 5.69 Å². The molecule has 2 nitrogen and oxygen atoms in total. The zero-order valence-electron chi connectivity index (χ0n) is 14.7. The van der Waals surface area contributed by atoms with Gasteiger partial charge < -0.3 is 0 Å². The Bertz CT molecular complexity index is 1260. The summed E-state index contributed by atoms with van der Waals surface area (Å²) in [6.45, 7) is 0. The van der Waals surface area contributed by atoms with Crippen molar-refractivity contribution >= 4 is 65.0 Å². The van der Waals surface area contributed by atoms with Crippen LogP contribution in [0, 0.1) is 0 Å². The van der Waals surface area contributed by atoms with Crippen molar-refractivity contribution in [3.63, 3.8) is 0 Å². The highest BCUT2D eigenvalue weighted by Gasteiger charge is 2.31. The van der Waals surface area contributed by atoms with Gasteiger partial charge in [-0.2, -0.15) is 0 Å². The van der Waals surface area contributed by atoms with E-state index in [1.54, 1.807) is 0 Å². The molecule has 134 valence electrons. The molecular formula is C24H14ClIN2. The topological polar surface area (TPSA) is 25.8 Å². The fourth-order valence-corrected chi connectivity index (χ4v) is 4.76. The molecule has 5 rings (SSSR count). The molecule has 0 atom stereocenters. The third kappa shape index (κ3) is 2.86. The highest BCUT2D eigenvalue weighted by molar-refractivity contribution is 14.1. The van der Waals surface area contributed by atoms with E-state index < -0.39 is 0 Å². The predicted molar refractivity (Wildman–Crippen MR) is 126 cm³/mol. The number of allylic oxidation sites excluding steroid dienone is 2. The average Bonchev–Trinajstić information content (AvgIpc) is 3.04. The molecule has 0 bridgehead atoms. The predicted octanol–water partition coefficient (Wildman–Crippen LogP) is 7.05. The first-order chi connectivity index (χ1) is 13.7. The molecular weight excluding hydrogens is 479 g/mol. The van der Waals surface area contributed by atoms with Gasteiger partial charge >= 0.3 is 0 Å². The molecule has 28 heavy (non-hydrogen) atoms. The van der Waals surface area contributed by atoms with Gasteiger partial charge in [-0.15, -0.1) is 0 Å². The minimum absolute atomic E-state index is 0.692. The standard InChI is InChI=1S/C24H14ClIN2/c25-21(16-11-5-2-6-12-16)20-19(15-9-3-1-4-10-15)22(26)24-23(20)27-17-13-7-8-14-18(17)28-24/h1-14H/b21-20+. The van der Waals surface area contributed by atoms with E-state index in [0.29, 0.717) is 5.03 Å². The Hall–Kier alpha value is -2.50. The number of benzene rings is 3. The lowest BCUT2D eigenvalue weighted by Gasteiger charge is -2.11. The minimum atomic E-state index is 0.692. The third-order valence-corrected chi connectivity index (χ3v) is 6.25. The second-order valence-corrected chi connectivity index (χ2v) is 7.98. The Morgan fingerprint density at radius 1 is 0.679 bits per heavy atom. The SMILES string of the molecule is Cl/C(=C1\C(c2ccccc2)=C(I)c2nc3ccccc3nc21)c1ccccc1. The van der Waals surface area contributed by atoms with Crippen LogP contribution >= 0.6 is 34.2 Å². The molecule has 0 unspecified atom stereocenters. The molecule has 1 aromatic heterocycles. The van der Waals surface area contributed by atoms with E-state index in [4.69, 9.17) is 21.6 Å². The average molecular weight is 493 g/mol. The number of rotatable bonds is 2. The van der Waals surface area contributed by atoms with Crippen molar-refractivity contribution in [3.05, 3.63) is 107 Å². The van der Waals surface area contributed by atoms with Crippen molar-refractivity contribution in [2.45, 2.75) is 0 Å². The number of hydrogen-bond donors (Lipinski definition) is 0. The van der Waals surface area contributed by atoms with E-state index >= 15 is 0 Å². The molecule has 0 radical (unpaired) electrons. The fraction of sp³-hybridized carbons (Fsp3) is 0. The Morgan fingerprint density at radius 2 is 1.21 bits per heavy atom. The number of fused-ring (bicyclic) bond motifs is 2. The Balaban J connectivity index is 1.86.